The van der Waals surface area contributed by atoms with Gasteiger partial charge in [-0.05, 0) is 39.5 Å². The van der Waals surface area contributed by atoms with E-state index in [-0.39, 0.29) is 11.9 Å². The van der Waals surface area contributed by atoms with Gasteiger partial charge >= 0.3 is 0 Å². The molecule has 0 saturated carbocycles. The maximum Gasteiger partial charge on any atom is 0.244 e. The number of nitrogens with one attached hydrogen (secondary N) is 1. The monoisotopic (exact) mass is 433 g/mol. The molecule has 0 unspecified atom stereocenters. The molecule has 0 aromatic rings. The zero-order valence-electron chi connectivity index (χ0n) is 19.8. The highest BCUT2D eigenvalue weighted by atomic mass is 16.3. The maximum absolute atomic E-state index is 12.4. The van der Waals surface area contributed by atoms with E-state index in [1.165, 1.54) is 0 Å². The van der Waals surface area contributed by atoms with Crippen LogP contribution >= 0.6 is 0 Å². The lowest BCUT2D eigenvalue weighted by Crippen LogP contribution is -2.32. The summed E-state index contributed by atoms with van der Waals surface area (Å²) in [6, 6.07) is 0.0316. The van der Waals surface area contributed by atoms with Crippen molar-refractivity contribution >= 4 is 5.91 Å². The van der Waals surface area contributed by atoms with Crippen LogP contribution in [0.25, 0.3) is 0 Å². The predicted octanol–water partition coefficient (Wildman–Crippen LogP) is 6.60. The largest absolute Gasteiger partial charge is 0.389 e. The van der Waals surface area contributed by atoms with Gasteiger partial charge in [-0.2, -0.15) is 0 Å². The van der Waals surface area contributed by atoms with Gasteiger partial charge in [0, 0.05) is 12.1 Å². The summed E-state index contributed by atoms with van der Waals surface area (Å²) in [6.07, 6.45) is 34.9. The average molecular weight is 434 g/mol. The maximum atomic E-state index is 12.4. The van der Waals surface area contributed by atoms with Crippen LogP contribution in [0.2, 0.25) is 0 Å². The van der Waals surface area contributed by atoms with E-state index in [9.17, 15) is 9.90 Å². The zero-order valence-corrected chi connectivity index (χ0v) is 19.8. The molecule has 0 aromatic heterocycles. The fourth-order valence-corrected chi connectivity index (χ4v) is 2.85. The van der Waals surface area contributed by atoms with Crippen molar-refractivity contribution < 1.29 is 9.90 Å². The molecule has 1 aliphatic rings. The molecule has 1 amide bonds. The SMILES string of the molecule is CCCC=C/C=C/C[C@H]1C\C=C/C=C(C)\C=C/C=C\[C@@H](O)C\C=C(C)/C=C\C=C/C(=O)N1. The van der Waals surface area contributed by atoms with Crippen molar-refractivity contribution in [3.05, 3.63) is 108 Å². The topological polar surface area (TPSA) is 49.3 Å². The molecule has 2 atom stereocenters. The van der Waals surface area contributed by atoms with E-state index in [1.54, 1.807) is 18.2 Å². The minimum atomic E-state index is -0.521. The average Bonchev–Trinajstić information content (AvgIpc) is 2.77. The smallest absolute Gasteiger partial charge is 0.244 e. The third kappa shape index (κ3) is 15.0. The van der Waals surface area contributed by atoms with E-state index in [0.717, 1.165) is 36.8 Å². The minimum Gasteiger partial charge on any atom is -0.389 e. The van der Waals surface area contributed by atoms with Crippen molar-refractivity contribution in [1.29, 1.82) is 0 Å². The molecule has 1 aliphatic heterocycles. The highest BCUT2D eigenvalue weighted by Gasteiger charge is 2.07. The molecule has 1 heterocycles. The lowest BCUT2D eigenvalue weighted by atomic mass is 10.1. The summed E-state index contributed by atoms with van der Waals surface area (Å²) in [7, 11) is 0. The predicted molar refractivity (Wildman–Crippen MR) is 138 cm³/mol. The molecule has 0 fully saturated rings. The van der Waals surface area contributed by atoms with E-state index < -0.39 is 6.10 Å². The summed E-state index contributed by atoms with van der Waals surface area (Å²) in [4.78, 5) is 12.4. The second-order valence-corrected chi connectivity index (χ2v) is 7.87. The second-order valence-electron chi connectivity index (χ2n) is 7.87. The first-order valence-electron chi connectivity index (χ1n) is 11.5. The van der Waals surface area contributed by atoms with E-state index in [2.05, 4.69) is 42.6 Å². The van der Waals surface area contributed by atoms with E-state index in [1.807, 2.05) is 62.5 Å². The molecule has 3 nitrogen and oxygen atoms in total. The van der Waals surface area contributed by atoms with Crippen molar-refractivity contribution in [2.45, 2.75) is 65.0 Å². The molecule has 0 bridgehead atoms. The Balaban J connectivity index is 2.93. The Morgan fingerprint density at radius 1 is 0.969 bits per heavy atom. The number of carbonyl (C=O) groups excluding carboxylic acids is 1. The third-order valence-electron chi connectivity index (χ3n) is 4.72. The molecule has 32 heavy (non-hydrogen) atoms. The standard InChI is InChI=1S/C29H39NO2/c1-4-5-6-7-8-9-19-27-20-13-10-16-25(2)17-11-14-21-28(31)24-23-26(3)18-12-15-22-29(32)30-27/h6-18,21-23,27-28,31H,4-5,19-20,24H2,1-3H3,(H,30,32)/b7-6?,9-8+,13-10-,17-11-,18-12-,21-14-,22-15-,25-16-,26-23-/t27-,28+/m0/s1. The van der Waals surface area contributed by atoms with Crippen LogP contribution in [0.4, 0.5) is 0 Å². The highest BCUT2D eigenvalue weighted by molar-refractivity contribution is 5.88. The number of carbonyl (C=O) groups is 1. The number of allylic oxidation sites excluding steroid dienone is 13. The normalized spacial score (nSPS) is 29.9. The van der Waals surface area contributed by atoms with Gasteiger partial charge in [-0.25, -0.2) is 0 Å². The summed E-state index contributed by atoms with van der Waals surface area (Å²) in [5.74, 6) is -0.103. The van der Waals surface area contributed by atoms with Crippen LogP contribution in [-0.4, -0.2) is 23.2 Å². The summed E-state index contributed by atoms with van der Waals surface area (Å²) in [5.41, 5.74) is 2.15. The number of rotatable bonds is 5. The van der Waals surface area contributed by atoms with E-state index in [0.29, 0.717) is 6.42 Å². The number of hydrogen-bond donors (Lipinski definition) is 2. The van der Waals surface area contributed by atoms with Gasteiger partial charge in [-0.1, -0.05) is 116 Å². The first-order chi connectivity index (χ1) is 15.5. The Morgan fingerprint density at radius 2 is 1.69 bits per heavy atom. The molecule has 0 saturated heterocycles. The first kappa shape index (κ1) is 27.1. The molecule has 0 spiro atoms. The van der Waals surface area contributed by atoms with Crippen LogP contribution in [0.1, 0.15) is 52.9 Å². The summed E-state index contributed by atoms with van der Waals surface area (Å²) < 4.78 is 0. The van der Waals surface area contributed by atoms with Crippen molar-refractivity contribution in [3.63, 3.8) is 0 Å². The lowest BCUT2D eigenvalue weighted by molar-refractivity contribution is -0.117. The first-order valence-corrected chi connectivity index (χ1v) is 11.5. The Morgan fingerprint density at radius 3 is 2.50 bits per heavy atom. The molecule has 1 rings (SSSR count). The van der Waals surface area contributed by atoms with Gasteiger partial charge in [0.1, 0.15) is 0 Å². The van der Waals surface area contributed by atoms with Crippen LogP contribution in [0.5, 0.6) is 0 Å². The van der Waals surface area contributed by atoms with Crippen molar-refractivity contribution in [2.24, 2.45) is 0 Å². The Kier molecular flexibility index (Phi) is 15.0. The quantitative estimate of drug-likeness (QED) is 0.480. The fourth-order valence-electron chi connectivity index (χ4n) is 2.85. The molecule has 0 aromatic carbocycles. The van der Waals surface area contributed by atoms with Gasteiger partial charge in [-0.15, -0.1) is 0 Å². The second kappa shape index (κ2) is 17.7. The number of hydrogen-bond acceptors (Lipinski definition) is 2. The van der Waals surface area contributed by atoms with E-state index in [4.69, 9.17) is 0 Å². The van der Waals surface area contributed by atoms with Crippen LogP contribution in [0, 0.1) is 0 Å². The van der Waals surface area contributed by atoms with Gasteiger partial charge in [0.15, 0.2) is 0 Å². The van der Waals surface area contributed by atoms with Gasteiger partial charge < -0.3 is 10.4 Å². The number of amides is 1. The number of aliphatic hydroxyl groups excluding tert-OH is 1. The number of aliphatic hydroxyl groups is 1. The number of unbranched alkanes of at least 4 members (excludes halogenated alkanes) is 1. The Bertz CT molecular complexity index is 816. The highest BCUT2D eigenvalue weighted by Crippen LogP contribution is 2.06. The Labute approximate surface area is 194 Å². The molecule has 0 radical (unpaired) electrons. The van der Waals surface area contributed by atoms with Crippen molar-refractivity contribution in [1.82, 2.24) is 5.32 Å². The lowest BCUT2D eigenvalue weighted by Gasteiger charge is -2.14. The van der Waals surface area contributed by atoms with Gasteiger partial charge in [0.05, 0.1) is 6.10 Å². The molecule has 2 N–H and O–H groups in total. The zero-order chi connectivity index (χ0) is 23.4. The van der Waals surface area contributed by atoms with Gasteiger partial charge in [0.2, 0.25) is 5.91 Å². The van der Waals surface area contributed by atoms with Crippen molar-refractivity contribution in [3.8, 4) is 0 Å². The van der Waals surface area contributed by atoms with Gasteiger partial charge in [0.25, 0.3) is 0 Å². The minimum absolute atomic E-state index is 0.0316. The fraction of sp³-hybridized carbons (Fsp3) is 0.345. The molecule has 0 aliphatic carbocycles. The van der Waals surface area contributed by atoms with Crippen LogP contribution in [0.3, 0.4) is 0 Å². The molecular formula is C29H39NO2. The molecular weight excluding hydrogens is 394 g/mol. The molecule has 172 valence electrons. The van der Waals surface area contributed by atoms with Crippen LogP contribution < -0.4 is 5.32 Å². The summed E-state index contributed by atoms with van der Waals surface area (Å²) >= 11 is 0. The summed E-state index contributed by atoms with van der Waals surface area (Å²) in [5, 5.41) is 13.1. The third-order valence-corrected chi connectivity index (χ3v) is 4.72. The van der Waals surface area contributed by atoms with Crippen LogP contribution in [-0.2, 0) is 4.79 Å². The van der Waals surface area contributed by atoms with E-state index >= 15 is 0 Å². The summed E-state index contributed by atoms with van der Waals surface area (Å²) in [6.45, 7) is 6.17. The Hall–Kier alpha value is -2.91. The van der Waals surface area contributed by atoms with Crippen LogP contribution in [0.15, 0.2) is 108 Å². The molecule has 3 heteroatoms. The van der Waals surface area contributed by atoms with Gasteiger partial charge in [-0.3, -0.25) is 4.79 Å². The van der Waals surface area contributed by atoms with Crippen molar-refractivity contribution in [2.75, 3.05) is 0 Å².